The van der Waals surface area contributed by atoms with Crippen molar-refractivity contribution in [2.45, 2.75) is 12.8 Å². The molecule has 0 fully saturated rings. The second-order valence-corrected chi connectivity index (χ2v) is 6.25. The van der Waals surface area contributed by atoms with Gasteiger partial charge in [0.2, 0.25) is 0 Å². The highest BCUT2D eigenvalue weighted by Gasteiger charge is 2.26. The summed E-state index contributed by atoms with van der Waals surface area (Å²) in [6.45, 7) is -0.00301. The van der Waals surface area contributed by atoms with Gasteiger partial charge in [-0.15, -0.1) is 0 Å². The SMILES string of the molecule is N#CCNC(=O)c1c2c(nc3ccccc13)C(=Cc1ccccc1)CC2. The highest BCUT2D eigenvalue weighted by Crippen LogP contribution is 2.37. The third kappa shape index (κ3) is 2.84. The van der Waals surface area contributed by atoms with Crippen molar-refractivity contribution >= 4 is 28.5 Å². The number of carbonyl (C=O) groups excluding carboxylic acids is 1. The molecule has 0 radical (unpaired) electrons. The fourth-order valence-electron chi connectivity index (χ4n) is 3.50. The van der Waals surface area contributed by atoms with E-state index in [1.165, 1.54) is 0 Å². The van der Waals surface area contributed by atoms with Crippen LogP contribution < -0.4 is 5.32 Å². The number of hydrogen-bond donors (Lipinski definition) is 1. The molecular formula is C22H17N3O. The molecule has 2 aromatic carbocycles. The van der Waals surface area contributed by atoms with Crippen LogP contribution in [0.4, 0.5) is 0 Å². The van der Waals surface area contributed by atoms with Gasteiger partial charge < -0.3 is 5.32 Å². The molecule has 126 valence electrons. The summed E-state index contributed by atoms with van der Waals surface area (Å²) in [5.41, 5.74) is 5.59. The molecule has 3 aromatic rings. The zero-order valence-corrected chi connectivity index (χ0v) is 14.2. The first-order valence-corrected chi connectivity index (χ1v) is 8.60. The first-order chi connectivity index (χ1) is 12.8. The van der Waals surface area contributed by atoms with Crippen LogP contribution in [-0.2, 0) is 6.42 Å². The van der Waals surface area contributed by atoms with Crippen LogP contribution in [0, 0.1) is 11.3 Å². The number of nitriles is 1. The smallest absolute Gasteiger partial charge is 0.253 e. The molecule has 1 aliphatic rings. The quantitative estimate of drug-likeness (QED) is 0.734. The van der Waals surface area contributed by atoms with Gasteiger partial charge in [-0.1, -0.05) is 48.5 Å². The topological polar surface area (TPSA) is 65.8 Å². The minimum Gasteiger partial charge on any atom is -0.339 e. The molecule has 0 spiro atoms. The number of hydrogen-bond acceptors (Lipinski definition) is 3. The van der Waals surface area contributed by atoms with Crippen molar-refractivity contribution < 1.29 is 4.79 Å². The fraction of sp³-hybridized carbons (Fsp3) is 0.136. The molecule has 26 heavy (non-hydrogen) atoms. The van der Waals surface area contributed by atoms with Gasteiger partial charge in [0.25, 0.3) is 5.91 Å². The van der Waals surface area contributed by atoms with Crippen molar-refractivity contribution in [3.05, 3.63) is 77.0 Å². The zero-order valence-electron chi connectivity index (χ0n) is 14.2. The van der Waals surface area contributed by atoms with E-state index in [9.17, 15) is 4.79 Å². The van der Waals surface area contributed by atoms with E-state index in [1.807, 2.05) is 48.5 Å². The molecule has 4 heteroatoms. The molecule has 0 saturated heterocycles. The third-order valence-corrected chi connectivity index (χ3v) is 4.64. The molecule has 0 saturated carbocycles. The van der Waals surface area contributed by atoms with Crippen LogP contribution in [0.1, 0.15) is 33.6 Å². The Hall–Kier alpha value is -3.45. The molecule has 1 N–H and O–H groups in total. The molecule has 0 unspecified atom stereocenters. The number of aromatic nitrogens is 1. The van der Waals surface area contributed by atoms with Crippen molar-refractivity contribution in [3.63, 3.8) is 0 Å². The normalized spacial score (nSPS) is 14.2. The predicted octanol–water partition coefficient (Wildman–Crippen LogP) is 3.97. The van der Waals surface area contributed by atoms with Crippen LogP contribution in [0.25, 0.3) is 22.6 Å². The average molecular weight is 339 g/mol. The molecule has 0 atom stereocenters. The maximum absolute atomic E-state index is 12.7. The Morgan fingerprint density at radius 1 is 1.12 bits per heavy atom. The van der Waals surface area contributed by atoms with Gasteiger partial charge in [-0.2, -0.15) is 5.26 Å². The first kappa shape index (κ1) is 16.0. The lowest BCUT2D eigenvalue weighted by molar-refractivity contribution is 0.0959. The Kier molecular flexibility index (Phi) is 4.20. The number of fused-ring (bicyclic) bond motifs is 2. The maximum Gasteiger partial charge on any atom is 0.253 e. The van der Waals surface area contributed by atoms with Crippen molar-refractivity contribution in [2.24, 2.45) is 0 Å². The van der Waals surface area contributed by atoms with Crippen molar-refractivity contribution in [1.29, 1.82) is 5.26 Å². The molecule has 1 heterocycles. The predicted molar refractivity (Wildman–Crippen MR) is 102 cm³/mol. The molecular weight excluding hydrogens is 322 g/mol. The molecule has 1 aromatic heterocycles. The first-order valence-electron chi connectivity index (χ1n) is 8.60. The summed E-state index contributed by atoms with van der Waals surface area (Å²) in [7, 11) is 0. The largest absolute Gasteiger partial charge is 0.339 e. The van der Waals surface area contributed by atoms with E-state index in [-0.39, 0.29) is 12.5 Å². The summed E-state index contributed by atoms with van der Waals surface area (Å²) >= 11 is 0. The lowest BCUT2D eigenvalue weighted by atomic mass is 10.00. The number of amides is 1. The second kappa shape index (κ2) is 6.81. The average Bonchev–Trinajstić information content (AvgIpc) is 3.07. The van der Waals surface area contributed by atoms with Crippen LogP contribution in [0.15, 0.2) is 54.6 Å². The van der Waals surface area contributed by atoms with Gasteiger partial charge in [0.1, 0.15) is 6.54 Å². The summed E-state index contributed by atoms with van der Waals surface area (Å²) in [6.07, 6.45) is 3.78. The van der Waals surface area contributed by atoms with Gasteiger partial charge in [-0.05, 0) is 41.7 Å². The number of nitrogens with one attached hydrogen (secondary N) is 1. The third-order valence-electron chi connectivity index (χ3n) is 4.64. The number of carbonyl (C=O) groups is 1. The van der Waals surface area contributed by atoms with Crippen molar-refractivity contribution in [3.8, 4) is 6.07 Å². The van der Waals surface area contributed by atoms with Crippen LogP contribution in [0.2, 0.25) is 0 Å². The molecule has 0 aliphatic heterocycles. The minimum absolute atomic E-state index is 0.00301. The summed E-state index contributed by atoms with van der Waals surface area (Å²) < 4.78 is 0. The number of para-hydroxylation sites is 1. The van der Waals surface area contributed by atoms with Crippen molar-refractivity contribution in [2.75, 3.05) is 6.54 Å². The highest BCUT2D eigenvalue weighted by atomic mass is 16.1. The van der Waals surface area contributed by atoms with E-state index in [2.05, 4.69) is 23.5 Å². The van der Waals surface area contributed by atoms with E-state index in [4.69, 9.17) is 10.2 Å². The molecule has 1 aliphatic carbocycles. The monoisotopic (exact) mass is 339 g/mol. The maximum atomic E-state index is 12.7. The lowest BCUT2D eigenvalue weighted by Crippen LogP contribution is -2.25. The fourth-order valence-corrected chi connectivity index (χ4v) is 3.50. The van der Waals surface area contributed by atoms with Gasteiger partial charge in [0.05, 0.1) is 22.8 Å². The van der Waals surface area contributed by atoms with E-state index in [0.717, 1.165) is 46.1 Å². The Morgan fingerprint density at radius 3 is 2.69 bits per heavy atom. The van der Waals surface area contributed by atoms with Gasteiger partial charge in [0, 0.05) is 5.39 Å². The van der Waals surface area contributed by atoms with Gasteiger partial charge >= 0.3 is 0 Å². The van der Waals surface area contributed by atoms with Gasteiger partial charge in [0.15, 0.2) is 0 Å². The summed E-state index contributed by atoms with van der Waals surface area (Å²) in [5, 5.41) is 12.3. The summed E-state index contributed by atoms with van der Waals surface area (Å²) in [6, 6.07) is 19.8. The Balaban J connectivity index is 1.89. The number of nitrogens with zero attached hydrogens (tertiary/aromatic N) is 2. The highest BCUT2D eigenvalue weighted by molar-refractivity contribution is 6.09. The Morgan fingerprint density at radius 2 is 1.88 bits per heavy atom. The second-order valence-electron chi connectivity index (χ2n) is 6.25. The van der Waals surface area contributed by atoms with E-state index in [1.54, 1.807) is 0 Å². The van der Waals surface area contributed by atoms with Crippen molar-refractivity contribution in [1.82, 2.24) is 10.3 Å². The number of benzene rings is 2. The molecule has 4 nitrogen and oxygen atoms in total. The van der Waals surface area contributed by atoms with E-state index >= 15 is 0 Å². The molecule has 1 amide bonds. The standard InChI is InChI=1S/C22H17N3O/c23-12-13-24-22(26)20-17-8-4-5-9-19(17)25-21-16(10-11-18(20)21)14-15-6-2-1-3-7-15/h1-9,14H,10-11,13H2,(H,24,26). The lowest BCUT2D eigenvalue weighted by Gasteiger charge is -2.12. The van der Waals surface area contributed by atoms with Crippen LogP contribution in [0.5, 0.6) is 0 Å². The molecule has 0 bridgehead atoms. The summed E-state index contributed by atoms with van der Waals surface area (Å²) in [4.78, 5) is 17.6. The minimum atomic E-state index is -0.206. The number of rotatable bonds is 3. The van der Waals surface area contributed by atoms with Crippen LogP contribution in [-0.4, -0.2) is 17.4 Å². The Bertz CT molecular complexity index is 1060. The van der Waals surface area contributed by atoms with E-state index < -0.39 is 0 Å². The van der Waals surface area contributed by atoms with Crippen LogP contribution in [0.3, 0.4) is 0 Å². The van der Waals surface area contributed by atoms with Gasteiger partial charge in [-0.25, -0.2) is 4.98 Å². The summed E-state index contributed by atoms with van der Waals surface area (Å²) in [5.74, 6) is -0.206. The Labute approximate surface area is 151 Å². The molecule has 4 rings (SSSR count). The van der Waals surface area contributed by atoms with Gasteiger partial charge in [-0.3, -0.25) is 4.79 Å². The van der Waals surface area contributed by atoms with E-state index in [0.29, 0.717) is 5.56 Å². The number of pyridine rings is 1. The number of allylic oxidation sites excluding steroid dienone is 1. The van der Waals surface area contributed by atoms with Crippen LogP contribution >= 0.6 is 0 Å². The zero-order chi connectivity index (χ0) is 17.9.